The van der Waals surface area contributed by atoms with Crippen molar-refractivity contribution in [2.24, 2.45) is 17.6 Å². The molecule has 3 amide bonds. The van der Waals surface area contributed by atoms with Crippen LogP contribution >= 0.6 is 0 Å². The van der Waals surface area contributed by atoms with Crippen molar-refractivity contribution in [1.29, 1.82) is 0 Å². The zero-order valence-corrected chi connectivity index (χ0v) is 18.3. The molecule has 12 heteroatoms. The Labute approximate surface area is 180 Å². The van der Waals surface area contributed by atoms with Crippen molar-refractivity contribution in [2.45, 2.75) is 71.1 Å². The highest BCUT2D eigenvalue weighted by molar-refractivity contribution is 5.94. The van der Waals surface area contributed by atoms with Crippen LogP contribution in [0.5, 0.6) is 0 Å². The third kappa shape index (κ3) is 10.7. The van der Waals surface area contributed by atoms with Gasteiger partial charge in [0, 0.05) is 6.42 Å². The number of hydrogen-bond acceptors (Lipinski definition) is 7. The molecular formula is C19H34N4O8. The Hall–Kier alpha value is -2.73. The molecule has 0 rings (SSSR count). The maximum Gasteiger partial charge on any atom is 0.326 e. The van der Waals surface area contributed by atoms with E-state index in [0.29, 0.717) is 0 Å². The van der Waals surface area contributed by atoms with E-state index in [1.807, 2.05) is 0 Å². The van der Waals surface area contributed by atoms with Gasteiger partial charge in [0.2, 0.25) is 17.7 Å². The van der Waals surface area contributed by atoms with Crippen molar-refractivity contribution >= 4 is 29.7 Å². The van der Waals surface area contributed by atoms with Crippen molar-refractivity contribution in [3.05, 3.63) is 0 Å². The van der Waals surface area contributed by atoms with Gasteiger partial charge in [-0.25, -0.2) is 4.79 Å². The predicted octanol–water partition coefficient (Wildman–Crippen LogP) is -1.59. The number of nitrogens with one attached hydrogen (secondary N) is 3. The van der Waals surface area contributed by atoms with Crippen molar-refractivity contribution in [2.75, 3.05) is 6.61 Å². The number of carboxylic acid groups (broad SMARTS) is 2. The molecule has 0 radical (unpaired) electrons. The van der Waals surface area contributed by atoms with Crippen LogP contribution in [0.2, 0.25) is 0 Å². The third-order valence-electron chi connectivity index (χ3n) is 4.38. The fraction of sp³-hybridized carbons (Fsp3) is 0.737. The molecule has 31 heavy (non-hydrogen) atoms. The number of aliphatic hydroxyl groups is 1. The number of carbonyl (C=O) groups excluding carboxylic acids is 3. The van der Waals surface area contributed by atoms with Crippen molar-refractivity contribution < 1.29 is 39.3 Å². The summed E-state index contributed by atoms with van der Waals surface area (Å²) in [7, 11) is 0. The summed E-state index contributed by atoms with van der Waals surface area (Å²) in [6.45, 7) is 6.14. The lowest BCUT2D eigenvalue weighted by Crippen LogP contribution is -2.58. The average molecular weight is 447 g/mol. The molecule has 0 aliphatic heterocycles. The molecule has 0 aliphatic carbocycles. The lowest BCUT2D eigenvalue weighted by atomic mass is 10.0. The topological polar surface area (TPSA) is 208 Å². The number of carbonyl (C=O) groups is 5. The van der Waals surface area contributed by atoms with Crippen LogP contribution in [0.3, 0.4) is 0 Å². The first-order chi connectivity index (χ1) is 14.3. The van der Waals surface area contributed by atoms with E-state index >= 15 is 0 Å². The van der Waals surface area contributed by atoms with Crippen LogP contribution in [0.4, 0.5) is 0 Å². The Bertz CT molecular complexity index is 653. The Morgan fingerprint density at radius 3 is 1.77 bits per heavy atom. The molecule has 0 spiro atoms. The van der Waals surface area contributed by atoms with Gasteiger partial charge >= 0.3 is 11.9 Å². The summed E-state index contributed by atoms with van der Waals surface area (Å²) < 4.78 is 0. The summed E-state index contributed by atoms with van der Waals surface area (Å²) in [5.41, 5.74) is 5.46. The first kappa shape index (κ1) is 28.3. The van der Waals surface area contributed by atoms with E-state index in [1.54, 1.807) is 27.7 Å². The standard InChI is InChI=1S/C19H34N4O8/c1-9(2)7-13(22-16(27)11(20)8-24)18(29)21-12(5-6-14(25)26)17(28)23-15(10(3)4)19(30)31/h9-13,15,24H,5-8,20H2,1-4H3,(H,21,29)(H,22,27)(H,23,28)(H,25,26)(H,30,31). The predicted molar refractivity (Wildman–Crippen MR) is 110 cm³/mol. The number of carboxylic acids is 2. The number of nitrogens with two attached hydrogens (primary N) is 1. The minimum atomic E-state index is -1.33. The van der Waals surface area contributed by atoms with Gasteiger partial charge in [-0.15, -0.1) is 0 Å². The van der Waals surface area contributed by atoms with Crippen LogP contribution in [0, 0.1) is 11.8 Å². The maximum atomic E-state index is 12.8. The molecular weight excluding hydrogens is 412 g/mol. The van der Waals surface area contributed by atoms with Gasteiger partial charge in [0.05, 0.1) is 6.61 Å². The molecule has 0 aromatic carbocycles. The van der Waals surface area contributed by atoms with E-state index in [-0.39, 0.29) is 18.8 Å². The van der Waals surface area contributed by atoms with Gasteiger partial charge in [-0.3, -0.25) is 19.2 Å². The SMILES string of the molecule is CC(C)CC(NC(=O)C(N)CO)C(=O)NC(CCC(=O)O)C(=O)NC(C(=O)O)C(C)C. The number of aliphatic carboxylic acids is 2. The number of rotatable bonds is 14. The van der Waals surface area contributed by atoms with E-state index in [1.165, 1.54) is 0 Å². The van der Waals surface area contributed by atoms with Crippen LogP contribution in [0.1, 0.15) is 47.0 Å². The van der Waals surface area contributed by atoms with Crippen LogP contribution < -0.4 is 21.7 Å². The molecule has 4 atom stereocenters. The molecule has 4 unspecified atom stereocenters. The summed E-state index contributed by atoms with van der Waals surface area (Å²) in [5, 5.41) is 34.3. The van der Waals surface area contributed by atoms with E-state index < -0.39 is 72.8 Å². The fourth-order valence-electron chi connectivity index (χ4n) is 2.64. The summed E-state index contributed by atoms with van der Waals surface area (Å²) in [5.74, 6) is -5.33. The normalized spacial score (nSPS) is 15.0. The second kappa shape index (κ2) is 13.5. The van der Waals surface area contributed by atoms with Gasteiger partial charge in [-0.1, -0.05) is 27.7 Å². The highest BCUT2D eigenvalue weighted by Crippen LogP contribution is 2.08. The zero-order valence-electron chi connectivity index (χ0n) is 18.3. The largest absolute Gasteiger partial charge is 0.481 e. The monoisotopic (exact) mass is 446 g/mol. The molecule has 0 saturated carbocycles. The Kier molecular flexibility index (Phi) is 12.4. The molecule has 0 aromatic rings. The number of amides is 3. The van der Waals surface area contributed by atoms with Crippen LogP contribution in [0.15, 0.2) is 0 Å². The first-order valence-corrected chi connectivity index (χ1v) is 10.0. The molecule has 0 heterocycles. The van der Waals surface area contributed by atoms with Gasteiger partial charge in [-0.2, -0.15) is 0 Å². The maximum absolute atomic E-state index is 12.8. The van der Waals surface area contributed by atoms with Gasteiger partial charge < -0.3 is 37.0 Å². The second-order valence-corrected chi connectivity index (χ2v) is 8.04. The Morgan fingerprint density at radius 2 is 1.35 bits per heavy atom. The molecule has 0 fully saturated rings. The Balaban J connectivity index is 5.52. The molecule has 8 N–H and O–H groups in total. The zero-order chi connectivity index (χ0) is 24.3. The third-order valence-corrected chi connectivity index (χ3v) is 4.38. The lowest BCUT2D eigenvalue weighted by Gasteiger charge is -2.26. The molecule has 12 nitrogen and oxygen atoms in total. The van der Waals surface area contributed by atoms with Crippen molar-refractivity contribution in [3.8, 4) is 0 Å². The van der Waals surface area contributed by atoms with Gasteiger partial charge in [0.25, 0.3) is 0 Å². The van der Waals surface area contributed by atoms with E-state index in [0.717, 1.165) is 0 Å². The van der Waals surface area contributed by atoms with Crippen molar-refractivity contribution in [3.63, 3.8) is 0 Å². The minimum absolute atomic E-state index is 0.0370. The second-order valence-electron chi connectivity index (χ2n) is 8.04. The minimum Gasteiger partial charge on any atom is -0.481 e. The van der Waals surface area contributed by atoms with Gasteiger partial charge in [0.15, 0.2) is 0 Å². The molecule has 0 aromatic heterocycles. The van der Waals surface area contributed by atoms with E-state index in [2.05, 4.69) is 16.0 Å². The van der Waals surface area contributed by atoms with Crippen molar-refractivity contribution in [1.82, 2.24) is 16.0 Å². The number of hydrogen-bond donors (Lipinski definition) is 7. The smallest absolute Gasteiger partial charge is 0.326 e. The lowest BCUT2D eigenvalue weighted by molar-refractivity contribution is -0.144. The van der Waals surface area contributed by atoms with Gasteiger partial charge in [0.1, 0.15) is 24.2 Å². The summed E-state index contributed by atoms with van der Waals surface area (Å²) in [6.07, 6.45) is -0.545. The van der Waals surface area contributed by atoms with Gasteiger partial charge in [-0.05, 0) is 24.7 Å². The van der Waals surface area contributed by atoms with Crippen LogP contribution in [0.25, 0.3) is 0 Å². The molecule has 0 saturated heterocycles. The molecule has 0 bridgehead atoms. The average Bonchev–Trinajstić information content (AvgIpc) is 2.66. The quantitative estimate of drug-likeness (QED) is 0.164. The summed E-state index contributed by atoms with van der Waals surface area (Å²) in [6, 6.07) is -4.89. The summed E-state index contributed by atoms with van der Waals surface area (Å²) in [4.78, 5) is 59.7. The first-order valence-electron chi connectivity index (χ1n) is 10.0. The number of aliphatic hydroxyl groups excluding tert-OH is 1. The van der Waals surface area contributed by atoms with E-state index in [4.69, 9.17) is 15.9 Å². The highest BCUT2D eigenvalue weighted by Gasteiger charge is 2.31. The molecule has 0 aliphatic rings. The Morgan fingerprint density at radius 1 is 0.839 bits per heavy atom. The molecule has 178 valence electrons. The van der Waals surface area contributed by atoms with Crippen LogP contribution in [-0.2, 0) is 24.0 Å². The summed E-state index contributed by atoms with van der Waals surface area (Å²) >= 11 is 0. The van der Waals surface area contributed by atoms with Crippen LogP contribution in [-0.4, -0.2) is 75.8 Å². The fourth-order valence-corrected chi connectivity index (χ4v) is 2.64. The highest BCUT2D eigenvalue weighted by atomic mass is 16.4. The van der Waals surface area contributed by atoms with E-state index in [9.17, 15) is 29.1 Å².